The Labute approximate surface area is 132 Å². The molecule has 1 amide bonds. The molecular weight excluding hydrogens is 286 g/mol. The largest absolute Gasteiger partial charge is 0.498 e. The minimum absolute atomic E-state index is 0.0733. The van der Waals surface area contributed by atoms with Crippen LogP contribution in [0.15, 0.2) is 12.3 Å². The van der Waals surface area contributed by atoms with Crippen LogP contribution in [0.2, 0.25) is 0 Å². The summed E-state index contributed by atoms with van der Waals surface area (Å²) in [6.07, 6.45) is 5.81. The summed E-state index contributed by atoms with van der Waals surface area (Å²) in [5.41, 5.74) is -0.482. The van der Waals surface area contributed by atoms with Crippen molar-refractivity contribution in [1.29, 1.82) is 0 Å². The monoisotopic (exact) mass is 313 g/mol. The van der Waals surface area contributed by atoms with Crippen LogP contribution in [-0.4, -0.2) is 48.9 Å². The SMILES string of the molecule is COC(=O)/C=C/OC1CCC(N(C)C(=O)OC(C)(C)C)CC1. The van der Waals surface area contributed by atoms with Crippen LogP contribution in [0.3, 0.4) is 0 Å². The van der Waals surface area contributed by atoms with Crippen LogP contribution in [0.5, 0.6) is 0 Å². The van der Waals surface area contributed by atoms with Gasteiger partial charge in [-0.05, 0) is 46.5 Å². The first kappa shape index (κ1) is 18.3. The van der Waals surface area contributed by atoms with Gasteiger partial charge in [0.05, 0.1) is 25.6 Å². The molecule has 0 bridgehead atoms. The molecule has 0 aliphatic heterocycles. The molecule has 22 heavy (non-hydrogen) atoms. The van der Waals surface area contributed by atoms with Crippen molar-refractivity contribution in [3.05, 3.63) is 12.3 Å². The Bertz CT molecular complexity index is 405. The summed E-state index contributed by atoms with van der Waals surface area (Å²) in [6, 6.07) is 0.166. The number of hydrogen-bond acceptors (Lipinski definition) is 5. The predicted molar refractivity (Wildman–Crippen MR) is 82.3 cm³/mol. The van der Waals surface area contributed by atoms with Crippen molar-refractivity contribution in [1.82, 2.24) is 4.90 Å². The van der Waals surface area contributed by atoms with E-state index in [1.807, 2.05) is 20.8 Å². The molecule has 0 saturated heterocycles. The molecule has 6 heteroatoms. The molecule has 1 saturated carbocycles. The second kappa shape index (κ2) is 8.06. The highest BCUT2D eigenvalue weighted by Gasteiger charge is 2.29. The zero-order valence-electron chi connectivity index (χ0n) is 14.1. The third-order valence-electron chi connectivity index (χ3n) is 3.55. The zero-order valence-corrected chi connectivity index (χ0v) is 14.1. The van der Waals surface area contributed by atoms with E-state index in [1.165, 1.54) is 19.4 Å². The third kappa shape index (κ3) is 6.37. The zero-order chi connectivity index (χ0) is 16.8. The summed E-state index contributed by atoms with van der Waals surface area (Å²) in [4.78, 5) is 24.6. The van der Waals surface area contributed by atoms with E-state index in [0.29, 0.717) is 0 Å². The van der Waals surface area contributed by atoms with Crippen LogP contribution < -0.4 is 0 Å². The molecule has 0 N–H and O–H groups in total. The maximum atomic E-state index is 12.0. The fraction of sp³-hybridized carbons (Fsp3) is 0.750. The van der Waals surface area contributed by atoms with Crippen LogP contribution in [-0.2, 0) is 19.0 Å². The molecule has 1 aliphatic carbocycles. The smallest absolute Gasteiger partial charge is 0.410 e. The maximum Gasteiger partial charge on any atom is 0.410 e. The fourth-order valence-corrected chi connectivity index (χ4v) is 2.33. The quantitative estimate of drug-likeness (QED) is 0.453. The van der Waals surface area contributed by atoms with Crippen LogP contribution in [0.1, 0.15) is 46.5 Å². The fourth-order valence-electron chi connectivity index (χ4n) is 2.33. The lowest BCUT2D eigenvalue weighted by molar-refractivity contribution is -0.135. The first-order chi connectivity index (χ1) is 10.2. The van der Waals surface area contributed by atoms with Gasteiger partial charge in [-0.15, -0.1) is 0 Å². The van der Waals surface area contributed by atoms with Crippen LogP contribution in [0, 0.1) is 0 Å². The van der Waals surface area contributed by atoms with Crippen molar-refractivity contribution in [2.45, 2.75) is 64.2 Å². The van der Waals surface area contributed by atoms with Crippen molar-refractivity contribution < 1.29 is 23.8 Å². The molecule has 0 radical (unpaired) electrons. The van der Waals surface area contributed by atoms with E-state index in [2.05, 4.69) is 4.74 Å². The first-order valence-corrected chi connectivity index (χ1v) is 7.58. The molecule has 6 nitrogen and oxygen atoms in total. The molecule has 126 valence electrons. The number of esters is 1. The highest BCUT2D eigenvalue weighted by atomic mass is 16.6. The van der Waals surface area contributed by atoms with E-state index in [0.717, 1.165) is 25.7 Å². The molecule has 1 rings (SSSR count). The van der Waals surface area contributed by atoms with Crippen molar-refractivity contribution in [3.8, 4) is 0 Å². The first-order valence-electron chi connectivity index (χ1n) is 7.58. The van der Waals surface area contributed by atoms with E-state index in [4.69, 9.17) is 9.47 Å². The second-order valence-corrected chi connectivity index (χ2v) is 6.48. The maximum absolute atomic E-state index is 12.0. The van der Waals surface area contributed by atoms with Gasteiger partial charge in [0, 0.05) is 13.1 Å². The molecule has 0 aromatic carbocycles. The van der Waals surface area contributed by atoms with Crippen molar-refractivity contribution in [2.75, 3.05) is 14.2 Å². The van der Waals surface area contributed by atoms with E-state index >= 15 is 0 Å². The normalized spacial score (nSPS) is 22.2. The molecule has 0 aromatic heterocycles. The number of amides is 1. The molecule has 0 heterocycles. The highest BCUT2D eigenvalue weighted by molar-refractivity contribution is 5.81. The standard InChI is InChI=1S/C16H27NO5/c1-16(2,3)22-15(19)17(4)12-6-8-13(9-7-12)21-11-10-14(18)20-5/h10-13H,6-9H2,1-5H3/b11-10+. The van der Waals surface area contributed by atoms with Crippen LogP contribution in [0.4, 0.5) is 4.79 Å². The van der Waals surface area contributed by atoms with Crippen molar-refractivity contribution in [3.63, 3.8) is 0 Å². The van der Waals surface area contributed by atoms with Gasteiger partial charge in [-0.2, -0.15) is 0 Å². The number of carbonyl (C=O) groups is 2. The van der Waals surface area contributed by atoms with Gasteiger partial charge in [-0.3, -0.25) is 0 Å². The van der Waals surface area contributed by atoms with Crippen LogP contribution >= 0.6 is 0 Å². The van der Waals surface area contributed by atoms with E-state index in [-0.39, 0.29) is 18.2 Å². The lowest BCUT2D eigenvalue weighted by atomic mass is 9.92. The number of hydrogen-bond donors (Lipinski definition) is 0. The highest BCUT2D eigenvalue weighted by Crippen LogP contribution is 2.25. The number of nitrogens with zero attached hydrogens (tertiary/aromatic N) is 1. The Morgan fingerprint density at radius 2 is 1.73 bits per heavy atom. The Balaban J connectivity index is 2.37. The molecule has 0 atom stereocenters. The molecule has 1 fully saturated rings. The minimum atomic E-state index is -0.482. The minimum Gasteiger partial charge on any atom is -0.498 e. The molecular formula is C16H27NO5. The van der Waals surface area contributed by atoms with Crippen molar-refractivity contribution >= 4 is 12.1 Å². The Morgan fingerprint density at radius 1 is 1.14 bits per heavy atom. The van der Waals surface area contributed by atoms with Gasteiger partial charge in [0.1, 0.15) is 5.60 Å². The topological polar surface area (TPSA) is 65.1 Å². The lowest BCUT2D eigenvalue weighted by Crippen LogP contribution is -2.43. The van der Waals surface area contributed by atoms with E-state index < -0.39 is 11.6 Å². The molecule has 0 unspecified atom stereocenters. The molecule has 0 aromatic rings. The van der Waals surface area contributed by atoms with Gasteiger partial charge in [-0.25, -0.2) is 9.59 Å². The summed E-state index contributed by atoms with van der Waals surface area (Å²) in [5, 5.41) is 0. The third-order valence-corrected chi connectivity index (χ3v) is 3.55. The summed E-state index contributed by atoms with van der Waals surface area (Å²) in [7, 11) is 3.10. The number of methoxy groups -OCH3 is 1. The van der Waals surface area contributed by atoms with Gasteiger partial charge < -0.3 is 19.1 Å². The van der Waals surface area contributed by atoms with E-state index in [1.54, 1.807) is 11.9 Å². The predicted octanol–water partition coefficient (Wildman–Crippen LogP) is 2.87. The molecule has 0 spiro atoms. The second-order valence-electron chi connectivity index (χ2n) is 6.48. The Hall–Kier alpha value is -1.72. The van der Waals surface area contributed by atoms with Gasteiger partial charge in [0.25, 0.3) is 0 Å². The van der Waals surface area contributed by atoms with Gasteiger partial charge in [0.2, 0.25) is 0 Å². The summed E-state index contributed by atoms with van der Waals surface area (Å²) in [5.74, 6) is -0.432. The van der Waals surface area contributed by atoms with Gasteiger partial charge in [-0.1, -0.05) is 0 Å². The van der Waals surface area contributed by atoms with Gasteiger partial charge in [0.15, 0.2) is 0 Å². The summed E-state index contributed by atoms with van der Waals surface area (Å²) < 4.78 is 15.4. The number of rotatable bonds is 4. The van der Waals surface area contributed by atoms with Crippen molar-refractivity contribution in [2.24, 2.45) is 0 Å². The van der Waals surface area contributed by atoms with E-state index in [9.17, 15) is 9.59 Å². The molecule has 1 aliphatic rings. The Kier molecular flexibility index (Phi) is 6.71. The van der Waals surface area contributed by atoms with Crippen LogP contribution in [0.25, 0.3) is 0 Å². The number of carbonyl (C=O) groups excluding carboxylic acids is 2. The average Bonchev–Trinajstić information content (AvgIpc) is 2.45. The lowest BCUT2D eigenvalue weighted by Gasteiger charge is -2.35. The Morgan fingerprint density at radius 3 is 2.23 bits per heavy atom. The average molecular weight is 313 g/mol. The summed E-state index contributed by atoms with van der Waals surface area (Å²) >= 11 is 0. The summed E-state index contributed by atoms with van der Waals surface area (Å²) in [6.45, 7) is 5.57. The van der Waals surface area contributed by atoms with Gasteiger partial charge >= 0.3 is 12.1 Å². The number of ether oxygens (including phenoxy) is 3.